The van der Waals surface area contributed by atoms with Gasteiger partial charge >= 0.3 is 11.4 Å². The largest absolute Gasteiger partial charge is 0.351 e. The highest BCUT2D eigenvalue weighted by Crippen LogP contribution is 2.27. The molecule has 0 saturated carbocycles. The topological polar surface area (TPSA) is 59.8 Å². The van der Waals surface area contributed by atoms with Gasteiger partial charge in [-0.2, -0.15) is 0 Å². The van der Waals surface area contributed by atoms with Gasteiger partial charge in [-0.1, -0.05) is 37.3 Å². The van der Waals surface area contributed by atoms with E-state index in [0.717, 1.165) is 6.42 Å². The fourth-order valence-corrected chi connectivity index (χ4v) is 2.54. The number of allylic oxidation sites excluding steroid dienone is 2. The minimum Gasteiger partial charge on any atom is -0.246 e. The second-order valence-corrected chi connectivity index (χ2v) is 4.83. The predicted octanol–water partition coefficient (Wildman–Crippen LogP) is 1.46. The van der Waals surface area contributed by atoms with Crippen molar-refractivity contribution >= 4 is 0 Å². The minimum absolute atomic E-state index is 0.00478. The minimum atomic E-state index is -0.393. The molecule has 19 heavy (non-hydrogen) atoms. The molecule has 0 spiro atoms. The van der Waals surface area contributed by atoms with Crippen LogP contribution in [0.15, 0.2) is 52.1 Å². The first kappa shape index (κ1) is 11.8. The van der Waals surface area contributed by atoms with E-state index >= 15 is 0 Å². The molecule has 98 valence electrons. The Morgan fingerprint density at radius 1 is 1.21 bits per heavy atom. The molecule has 1 aromatic carbocycles. The lowest BCUT2D eigenvalue weighted by molar-refractivity contribution is 0.385. The van der Waals surface area contributed by atoms with Crippen molar-refractivity contribution < 1.29 is 0 Å². The number of benzene rings is 1. The zero-order valence-corrected chi connectivity index (χ0v) is 10.6. The van der Waals surface area contributed by atoms with Crippen LogP contribution in [0.3, 0.4) is 0 Å². The molecule has 0 fully saturated rings. The van der Waals surface area contributed by atoms with Gasteiger partial charge in [0.1, 0.15) is 0 Å². The first-order chi connectivity index (χ1) is 9.18. The zero-order valence-electron chi connectivity index (χ0n) is 10.6. The number of para-hydroxylation sites is 1. The summed E-state index contributed by atoms with van der Waals surface area (Å²) in [6.45, 7) is 2.04. The SMILES string of the molecule is C[C@@H]1C=CC[C@H]1n1[nH]c(=O)n(-c2ccccc2)c1=O. The standard InChI is InChI=1S/C14H15N3O2/c1-10-6-5-9-12(10)17-14(19)16(13(18)15-17)11-7-3-2-4-8-11/h2-8,10,12H,9H2,1H3,(H,15,18)/t10-,12-/m1/s1. The first-order valence-electron chi connectivity index (χ1n) is 6.34. The van der Waals surface area contributed by atoms with Gasteiger partial charge in [0.2, 0.25) is 0 Å². The monoisotopic (exact) mass is 257 g/mol. The first-order valence-corrected chi connectivity index (χ1v) is 6.34. The Kier molecular flexibility index (Phi) is 2.74. The number of nitrogens with one attached hydrogen (secondary N) is 1. The van der Waals surface area contributed by atoms with Gasteiger partial charge in [0, 0.05) is 0 Å². The van der Waals surface area contributed by atoms with Crippen molar-refractivity contribution in [2.45, 2.75) is 19.4 Å². The quantitative estimate of drug-likeness (QED) is 0.828. The Balaban J connectivity index is 2.12. The van der Waals surface area contributed by atoms with Crippen molar-refractivity contribution in [2.24, 2.45) is 5.92 Å². The molecule has 1 N–H and O–H groups in total. The van der Waals surface area contributed by atoms with Gasteiger partial charge in [0.25, 0.3) is 0 Å². The van der Waals surface area contributed by atoms with Gasteiger partial charge in [0.05, 0.1) is 11.7 Å². The van der Waals surface area contributed by atoms with Crippen molar-refractivity contribution in [3.8, 4) is 5.69 Å². The number of rotatable bonds is 2. The maximum Gasteiger partial charge on any atom is 0.351 e. The Hall–Kier alpha value is -2.30. The van der Waals surface area contributed by atoms with E-state index in [0.29, 0.717) is 5.69 Å². The molecule has 1 aromatic heterocycles. The van der Waals surface area contributed by atoms with E-state index in [1.165, 1.54) is 9.25 Å². The molecule has 2 aromatic rings. The van der Waals surface area contributed by atoms with Crippen LogP contribution in [-0.2, 0) is 0 Å². The summed E-state index contributed by atoms with van der Waals surface area (Å²) in [7, 11) is 0. The Morgan fingerprint density at radius 3 is 2.58 bits per heavy atom. The van der Waals surface area contributed by atoms with Crippen LogP contribution in [-0.4, -0.2) is 14.3 Å². The molecule has 0 unspecified atom stereocenters. The van der Waals surface area contributed by atoms with E-state index in [2.05, 4.69) is 11.2 Å². The van der Waals surface area contributed by atoms with Gasteiger partial charge < -0.3 is 0 Å². The van der Waals surface area contributed by atoms with Crippen molar-refractivity contribution in [1.29, 1.82) is 0 Å². The fraction of sp³-hybridized carbons (Fsp3) is 0.286. The van der Waals surface area contributed by atoms with Crippen LogP contribution < -0.4 is 11.4 Å². The lowest BCUT2D eigenvalue weighted by Gasteiger charge is -2.14. The molecule has 0 saturated heterocycles. The average molecular weight is 257 g/mol. The van der Waals surface area contributed by atoms with Crippen molar-refractivity contribution in [2.75, 3.05) is 0 Å². The van der Waals surface area contributed by atoms with E-state index in [-0.39, 0.29) is 17.6 Å². The van der Waals surface area contributed by atoms with Gasteiger partial charge in [0.15, 0.2) is 0 Å². The molecule has 1 heterocycles. The van der Waals surface area contributed by atoms with Gasteiger partial charge in [-0.3, -0.25) is 0 Å². The Labute approximate surface area is 109 Å². The van der Waals surface area contributed by atoms with Gasteiger partial charge in [-0.25, -0.2) is 23.9 Å². The summed E-state index contributed by atoms with van der Waals surface area (Å²) in [6.07, 6.45) is 4.88. The molecule has 2 atom stereocenters. The molecular formula is C14H15N3O2. The van der Waals surface area contributed by atoms with E-state index in [1.54, 1.807) is 24.3 Å². The van der Waals surface area contributed by atoms with Crippen LogP contribution in [0.1, 0.15) is 19.4 Å². The van der Waals surface area contributed by atoms with E-state index in [9.17, 15) is 9.59 Å². The number of H-pyrrole nitrogens is 1. The highest BCUT2D eigenvalue weighted by Gasteiger charge is 2.24. The second kappa shape index (κ2) is 4.42. The van der Waals surface area contributed by atoms with Crippen LogP contribution in [0.25, 0.3) is 5.69 Å². The summed E-state index contributed by atoms with van der Waals surface area (Å²) in [5.74, 6) is 0.250. The number of hydrogen-bond donors (Lipinski definition) is 1. The number of nitrogens with zero attached hydrogens (tertiary/aromatic N) is 2. The molecule has 0 amide bonds. The maximum atomic E-state index is 12.4. The molecule has 0 radical (unpaired) electrons. The molecular weight excluding hydrogens is 242 g/mol. The summed E-state index contributed by atoms with van der Waals surface area (Å²) < 4.78 is 2.62. The van der Waals surface area contributed by atoms with Crippen LogP contribution in [0.5, 0.6) is 0 Å². The third-order valence-electron chi connectivity index (χ3n) is 3.59. The van der Waals surface area contributed by atoms with Crippen LogP contribution in [0.2, 0.25) is 0 Å². The lowest BCUT2D eigenvalue weighted by Crippen LogP contribution is -2.30. The molecule has 3 rings (SSSR count). The normalized spacial score (nSPS) is 21.9. The van der Waals surface area contributed by atoms with Crippen LogP contribution >= 0.6 is 0 Å². The number of aromatic nitrogens is 3. The van der Waals surface area contributed by atoms with E-state index < -0.39 is 5.69 Å². The fourth-order valence-electron chi connectivity index (χ4n) is 2.54. The smallest absolute Gasteiger partial charge is 0.246 e. The summed E-state index contributed by atoms with van der Waals surface area (Å²) >= 11 is 0. The van der Waals surface area contributed by atoms with Crippen LogP contribution in [0, 0.1) is 5.92 Å². The molecule has 0 bridgehead atoms. The molecule has 5 nitrogen and oxygen atoms in total. The summed E-state index contributed by atoms with van der Waals surface area (Å²) in [4.78, 5) is 24.4. The summed E-state index contributed by atoms with van der Waals surface area (Å²) in [5, 5.41) is 2.66. The second-order valence-electron chi connectivity index (χ2n) is 4.83. The number of hydrogen-bond acceptors (Lipinski definition) is 2. The Bertz CT molecular complexity index is 721. The molecule has 1 aliphatic carbocycles. The number of aromatic amines is 1. The van der Waals surface area contributed by atoms with Crippen LogP contribution in [0.4, 0.5) is 0 Å². The van der Waals surface area contributed by atoms with Gasteiger partial charge in [-0.05, 0) is 24.5 Å². The third-order valence-corrected chi connectivity index (χ3v) is 3.59. The maximum absolute atomic E-state index is 12.4. The predicted molar refractivity (Wildman–Crippen MR) is 72.6 cm³/mol. The lowest BCUT2D eigenvalue weighted by atomic mass is 10.1. The highest BCUT2D eigenvalue weighted by atomic mass is 16.2. The highest BCUT2D eigenvalue weighted by molar-refractivity contribution is 5.30. The van der Waals surface area contributed by atoms with E-state index in [1.807, 2.05) is 19.1 Å². The average Bonchev–Trinajstić information content (AvgIpc) is 2.94. The van der Waals surface area contributed by atoms with Crippen molar-refractivity contribution in [3.63, 3.8) is 0 Å². The Morgan fingerprint density at radius 2 is 1.95 bits per heavy atom. The van der Waals surface area contributed by atoms with Crippen molar-refractivity contribution in [3.05, 3.63) is 63.5 Å². The summed E-state index contributed by atoms with van der Waals surface area (Å²) in [5.41, 5.74) is -0.113. The molecule has 0 aliphatic heterocycles. The van der Waals surface area contributed by atoms with E-state index in [4.69, 9.17) is 0 Å². The van der Waals surface area contributed by atoms with Crippen molar-refractivity contribution in [1.82, 2.24) is 14.3 Å². The molecule has 1 aliphatic rings. The van der Waals surface area contributed by atoms with Gasteiger partial charge in [-0.15, -0.1) is 0 Å². The molecule has 5 heteroatoms. The third kappa shape index (κ3) is 1.87. The summed E-state index contributed by atoms with van der Waals surface area (Å²) in [6, 6.07) is 8.96. The zero-order chi connectivity index (χ0) is 13.4.